The van der Waals surface area contributed by atoms with Crippen LogP contribution < -0.4 is 0 Å². The van der Waals surface area contributed by atoms with Gasteiger partial charge in [-0.25, -0.2) is 0 Å². The quantitative estimate of drug-likeness (QED) is 0.635. The lowest BCUT2D eigenvalue weighted by molar-refractivity contribution is 0.104. The van der Waals surface area contributed by atoms with Crippen LogP contribution in [0.15, 0.2) is 36.4 Å². The Balaban J connectivity index is 1.26. The molecule has 1 heterocycles. The monoisotopic (exact) mass is 337 g/mol. The van der Waals surface area contributed by atoms with Gasteiger partial charge in [0.05, 0.1) is 0 Å². The Kier molecular flexibility index (Phi) is 5.60. The number of rotatable bonds is 5. The molecule has 1 aromatic carbocycles. The van der Waals surface area contributed by atoms with Crippen LogP contribution in [0, 0.1) is 23.7 Å². The Morgan fingerprint density at radius 3 is 2.56 bits per heavy atom. The SMILES string of the molecule is CC1CN(C2CCC(CC3CCC3)C2)CC[C@H]1/C=C\c1ccccc1. The van der Waals surface area contributed by atoms with Gasteiger partial charge in [-0.05, 0) is 67.9 Å². The fraction of sp³-hybridized carbons (Fsp3) is 0.667. The van der Waals surface area contributed by atoms with Crippen LogP contribution in [0.4, 0.5) is 0 Å². The second-order valence-electron chi connectivity index (χ2n) is 9.06. The summed E-state index contributed by atoms with van der Waals surface area (Å²) in [6, 6.07) is 11.7. The molecular formula is C24H35N. The Hall–Kier alpha value is -1.08. The Bertz CT molecular complexity index is 559. The van der Waals surface area contributed by atoms with E-state index in [4.69, 9.17) is 0 Å². The highest BCUT2D eigenvalue weighted by atomic mass is 15.2. The molecule has 0 bridgehead atoms. The van der Waals surface area contributed by atoms with Gasteiger partial charge in [0.1, 0.15) is 0 Å². The maximum atomic E-state index is 2.85. The number of allylic oxidation sites excluding steroid dienone is 1. The van der Waals surface area contributed by atoms with Gasteiger partial charge in [0.2, 0.25) is 0 Å². The van der Waals surface area contributed by atoms with Gasteiger partial charge in [0.15, 0.2) is 0 Å². The highest BCUT2D eigenvalue weighted by molar-refractivity contribution is 5.49. The van der Waals surface area contributed by atoms with Crippen LogP contribution in [-0.4, -0.2) is 24.0 Å². The summed E-state index contributed by atoms with van der Waals surface area (Å²) < 4.78 is 0. The second-order valence-corrected chi connectivity index (χ2v) is 9.06. The van der Waals surface area contributed by atoms with Crippen LogP contribution in [-0.2, 0) is 0 Å². The first-order valence-electron chi connectivity index (χ1n) is 10.7. The lowest BCUT2D eigenvalue weighted by atomic mass is 9.78. The van der Waals surface area contributed by atoms with Crippen molar-refractivity contribution < 1.29 is 0 Å². The Morgan fingerprint density at radius 1 is 1.00 bits per heavy atom. The fourth-order valence-electron chi connectivity index (χ4n) is 5.41. The van der Waals surface area contributed by atoms with Gasteiger partial charge < -0.3 is 4.90 Å². The van der Waals surface area contributed by atoms with Gasteiger partial charge >= 0.3 is 0 Å². The summed E-state index contributed by atoms with van der Waals surface area (Å²) in [5.74, 6) is 3.68. The molecule has 3 aliphatic rings. The van der Waals surface area contributed by atoms with E-state index < -0.39 is 0 Å². The molecule has 2 saturated carbocycles. The minimum Gasteiger partial charge on any atom is -0.300 e. The van der Waals surface area contributed by atoms with E-state index in [1.165, 1.54) is 63.6 Å². The summed E-state index contributed by atoms with van der Waals surface area (Å²) in [5.41, 5.74) is 1.34. The molecule has 2 aliphatic carbocycles. The lowest BCUT2D eigenvalue weighted by Gasteiger charge is -2.39. The maximum absolute atomic E-state index is 2.85. The summed E-state index contributed by atoms with van der Waals surface area (Å²) in [6.45, 7) is 5.09. The van der Waals surface area contributed by atoms with Crippen molar-refractivity contribution >= 4 is 6.08 Å². The van der Waals surface area contributed by atoms with Crippen molar-refractivity contribution in [3.8, 4) is 0 Å². The molecule has 0 aromatic heterocycles. The highest BCUT2D eigenvalue weighted by Gasteiger charge is 2.34. The number of benzene rings is 1. The first-order valence-corrected chi connectivity index (χ1v) is 10.7. The third kappa shape index (κ3) is 4.37. The number of likely N-dealkylation sites (tertiary alicyclic amines) is 1. The van der Waals surface area contributed by atoms with E-state index in [2.05, 4.69) is 54.3 Å². The molecule has 1 saturated heterocycles. The van der Waals surface area contributed by atoms with Crippen molar-refractivity contribution in [2.75, 3.05) is 13.1 Å². The Morgan fingerprint density at radius 2 is 1.84 bits per heavy atom. The number of piperidine rings is 1. The van der Waals surface area contributed by atoms with E-state index in [1.807, 2.05) is 0 Å². The van der Waals surface area contributed by atoms with Crippen molar-refractivity contribution in [2.45, 2.75) is 64.3 Å². The van der Waals surface area contributed by atoms with Crippen molar-refractivity contribution in [1.82, 2.24) is 4.90 Å². The summed E-state index contributed by atoms with van der Waals surface area (Å²) >= 11 is 0. The van der Waals surface area contributed by atoms with Gasteiger partial charge in [0.25, 0.3) is 0 Å². The number of hydrogen-bond acceptors (Lipinski definition) is 1. The molecule has 0 N–H and O–H groups in total. The third-order valence-electron chi connectivity index (χ3n) is 7.26. The summed E-state index contributed by atoms with van der Waals surface area (Å²) in [5, 5.41) is 0. The van der Waals surface area contributed by atoms with Gasteiger partial charge in [-0.1, -0.05) is 68.7 Å². The normalized spacial score (nSPS) is 34.4. The van der Waals surface area contributed by atoms with E-state index >= 15 is 0 Å². The summed E-state index contributed by atoms with van der Waals surface area (Å²) in [4.78, 5) is 2.85. The zero-order valence-corrected chi connectivity index (χ0v) is 15.9. The average Bonchev–Trinajstić information content (AvgIpc) is 3.07. The van der Waals surface area contributed by atoms with Crippen molar-refractivity contribution in [1.29, 1.82) is 0 Å². The zero-order chi connectivity index (χ0) is 17.1. The van der Waals surface area contributed by atoms with Gasteiger partial charge in [-0.15, -0.1) is 0 Å². The zero-order valence-electron chi connectivity index (χ0n) is 15.9. The number of hydrogen-bond donors (Lipinski definition) is 0. The first kappa shape index (κ1) is 17.3. The molecule has 136 valence electrons. The van der Waals surface area contributed by atoms with Gasteiger partial charge in [0, 0.05) is 12.6 Å². The predicted molar refractivity (Wildman–Crippen MR) is 107 cm³/mol. The largest absolute Gasteiger partial charge is 0.300 e. The van der Waals surface area contributed by atoms with E-state index in [-0.39, 0.29) is 0 Å². The van der Waals surface area contributed by atoms with Crippen molar-refractivity contribution in [3.05, 3.63) is 42.0 Å². The van der Waals surface area contributed by atoms with E-state index in [0.717, 1.165) is 29.7 Å². The minimum absolute atomic E-state index is 0.753. The molecular weight excluding hydrogens is 302 g/mol. The smallest absolute Gasteiger partial charge is 0.00981 e. The molecule has 25 heavy (non-hydrogen) atoms. The Labute approximate surface area is 154 Å². The van der Waals surface area contributed by atoms with Crippen molar-refractivity contribution in [3.63, 3.8) is 0 Å². The summed E-state index contributed by atoms with van der Waals surface area (Å²) in [7, 11) is 0. The van der Waals surface area contributed by atoms with E-state index in [9.17, 15) is 0 Å². The molecule has 4 atom stereocenters. The number of nitrogens with zero attached hydrogens (tertiary/aromatic N) is 1. The molecule has 1 heteroatoms. The van der Waals surface area contributed by atoms with E-state index in [0.29, 0.717) is 0 Å². The molecule has 3 unspecified atom stereocenters. The van der Waals surface area contributed by atoms with Gasteiger partial charge in [-0.3, -0.25) is 0 Å². The van der Waals surface area contributed by atoms with Crippen LogP contribution in [0.1, 0.15) is 63.9 Å². The molecule has 1 aliphatic heterocycles. The minimum atomic E-state index is 0.753. The third-order valence-corrected chi connectivity index (χ3v) is 7.26. The lowest BCUT2D eigenvalue weighted by Crippen LogP contribution is -2.44. The second kappa shape index (κ2) is 8.08. The summed E-state index contributed by atoms with van der Waals surface area (Å²) in [6.07, 6.45) is 16.7. The molecule has 0 amide bonds. The van der Waals surface area contributed by atoms with Crippen LogP contribution in [0.3, 0.4) is 0 Å². The molecule has 1 nitrogen and oxygen atoms in total. The molecule has 4 rings (SSSR count). The van der Waals surface area contributed by atoms with Crippen molar-refractivity contribution in [2.24, 2.45) is 23.7 Å². The molecule has 0 radical (unpaired) electrons. The first-order chi connectivity index (χ1) is 12.3. The molecule has 3 fully saturated rings. The predicted octanol–water partition coefficient (Wildman–Crippen LogP) is 6.02. The molecule has 1 aromatic rings. The van der Waals surface area contributed by atoms with Crippen LogP contribution in [0.25, 0.3) is 6.08 Å². The standard InChI is InChI=1S/C24H35N/c1-19-18-25(24-13-11-22(17-24)16-21-8-5-9-21)15-14-23(19)12-10-20-6-3-2-4-7-20/h2-4,6-7,10,12,19,21-24H,5,8-9,11,13-18H2,1H3/b12-10-/t19?,22?,23-,24?/m1/s1. The van der Waals surface area contributed by atoms with Crippen LogP contribution in [0.2, 0.25) is 0 Å². The van der Waals surface area contributed by atoms with Crippen LogP contribution >= 0.6 is 0 Å². The van der Waals surface area contributed by atoms with E-state index in [1.54, 1.807) is 6.42 Å². The molecule has 0 spiro atoms. The highest BCUT2D eigenvalue weighted by Crippen LogP contribution is 2.40. The van der Waals surface area contributed by atoms with Gasteiger partial charge in [-0.2, -0.15) is 0 Å². The topological polar surface area (TPSA) is 3.24 Å². The maximum Gasteiger partial charge on any atom is 0.00981 e. The fourth-order valence-corrected chi connectivity index (χ4v) is 5.41. The average molecular weight is 338 g/mol. The van der Waals surface area contributed by atoms with Crippen LogP contribution in [0.5, 0.6) is 0 Å².